The first-order valence-corrected chi connectivity index (χ1v) is 19.7. The molecule has 3 amide bonds. The number of hydrogen-bond acceptors (Lipinski definition) is 11. The Morgan fingerprint density at radius 3 is 2.32 bits per heavy atom. The third-order valence-corrected chi connectivity index (χ3v) is 12.0. The van der Waals surface area contributed by atoms with E-state index in [1.165, 1.54) is 11.9 Å². The lowest BCUT2D eigenvalue weighted by Crippen LogP contribution is -2.53. The van der Waals surface area contributed by atoms with E-state index in [9.17, 15) is 24.0 Å². The molecule has 1 atom stereocenters. The number of ether oxygens (including phenoxy) is 2. The number of anilines is 1. The predicted molar refractivity (Wildman–Crippen MR) is 217 cm³/mol. The number of fused-ring (bicyclic) bond motifs is 1. The molecule has 1 N–H and O–H groups in total. The van der Waals surface area contributed by atoms with Crippen LogP contribution in [0.2, 0.25) is 0 Å². The molecule has 14 nitrogen and oxygen atoms in total. The maximum atomic E-state index is 13.3. The van der Waals surface area contributed by atoms with Gasteiger partial charge in [-0.15, -0.1) is 0 Å². The molecule has 4 aromatic rings. The fourth-order valence-corrected chi connectivity index (χ4v) is 8.51. The maximum absolute atomic E-state index is 13.3. The monoisotopic (exact) mass is 777 g/mol. The zero-order valence-corrected chi connectivity index (χ0v) is 33.2. The first-order chi connectivity index (χ1) is 27.6. The zero-order chi connectivity index (χ0) is 40.2. The van der Waals surface area contributed by atoms with E-state index in [1.807, 2.05) is 30.5 Å². The molecule has 3 fully saturated rings. The molecule has 14 heteroatoms. The molecule has 0 radical (unpaired) electrons. The molecule has 57 heavy (non-hydrogen) atoms. The Hall–Kier alpha value is -5.60. The van der Waals surface area contributed by atoms with Crippen LogP contribution < -0.4 is 25.2 Å². The molecule has 0 saturated carbocycles. The van der Waals surface area contributed by atoms with Gasteiger partial charge in [0.25, 0.3) is 11.5 Å². The number of imide groups is 1. The van der Waals surface area contributed by atoms with Gasteiger partial charge in [-0.05, 0) is 98.6 Å². The van der Waals surface area contributed by atoms with Crippen molar-refractivity contribution in [2.45, 2.75) is 44.7 Å². The number of pyridine rings is 2. The number of carbonyl (C=O) groups excluding carboxylic acids is 4. The molecule has 0 aliphatic carbocycles. The van der Waals surface area contributed by atoms with Crippen LogP contribution in [0.25, 0.3) is 21.9 Å². The normalized spacial score (nSPS) is 18.4. The number of likely N-dealkylation sites (N-methyl/N-ethyl adjacent to an activating group) is 1. The van der Waals surface area contributed by atoms with Crippen molar-refractivity contribution in [2.75, 3.05) is 72.0 Å². The van der Waals surface area contributed by atoms with Crippen LogP contribution in [0.4, 0.5) is 5.69 Å². The SMILES string of the molecule is COc1cc(-c2cn(C)c(=O)c3cnccc23)cc(OC)c1CN1CCC(CCN2CCN(c3ccc(C(=O)N(C)C4CCC(=O)NC4=O)c(C=O)c3)CC2)CC1. The van der Waals surface area contributed by atoms with E-state index < -0.39 is 17.9 Å². The quantitative estimate of drug-likeness (QED) is 0.166. The largest absolute Gasteiger partial charge is 0.496 e. The summed E-state index contributed by atoms with van der Waals surface area (Å²) >= 11 is 0. The number of nitrogens with zero attached hydrogens (tertiary/aromatic N) is 6. The van der Waals surface area contributed by atoms with Crippen LogP contribution in [0, 0.1) is 5.92 Å². The van der Waals surface area contributed by atoms with Gasteiger partial charge >= 0.3 is 0 Å². The number of aryl methyl sites for hydroxylation is 1. The third kappa shape index (κ3) is 8.42. The van der Waals surface area contributed by atoms with Crippen molar-refractivity contribution in [3.8, 4) is 22.6 Å². The van der Waals surface area contributed by atoms with Crippen molar-refractivity contribution in [3.63, 3.8) is 0 Å². The van der Waals surface area contributed by atoms with Crippen LogP contribution in [-0.2, 0) is 23.2 Å². The number of likely N-dealkylation sites (tertiary alicyclic amines) is 1. The summed E-state index contributed by atoms with van der Waals surface area (Å²) in [5, 5.41) is 3.69. The van der Waals surface area contributed by atoms with Crippen molar-refractivity contribution >= 4 is 40.5 Å². The average Bonchev–Trinajstić information content (AvgIpc) is 3.24. The minimum absolute atomic E-state index is 0.0898. The number of piperazine rings is 1. The highest BCUT2D eigenvalue weighted by atomic mass is 16.5. The number of aldehydes is 1. The maximum Gasteiger partial charge on any atom is 0.259 e. The number of piperidine rings is 2. The van der Waals surface area contributed by atoms with Crippen molar-refractivity contribution in [1.29, 1.82) is 0 Å². The van der Waals surface area contributed by atoms with Gasteiger partial charge < -0.3 is 23.8 Å². The molecule has 5 heterocycles. The minimum Gasteiger partial charge on any atom is -0.496 e. The van der Waals surface area contributed by atoms with Crippen LogP contribution in [-0.4, -0.2) is 121 Å². The van der Waals surface area contributed by atoms with Gasteiger partial charge in [-0.1, -0.05) is 0 Å². The van der Waals surface area contributed by atoms with Gasteiger partial charge in [-0.3, -0.25) is 44.1 Å². The van der Waals surface area contributed by atoms with Crippen LogP contribution in [0.15, 0.2) is 59.8 Å². The highest BCUT2D eigenvalue weighted by Crippen LogP contribution is 2.38. The molecule has 2 aromatic carbocycles. The molecular weight excluding hydrogens is 727 g/mol. The summed E-state index contributed by atoms with van der Waals surface area (Å²) in [6.45, 7) is 7.20. The lowest BCUT2D eigenvalue weighted by molar-refractivity contribution is -0.136. The lowest BCUT2D eigenvalue weighted by atomic mass is 9.92. The van der Waals surface area contributed by atoms with Gasteiger partial charge in [0.05, 0.1) is 30.7 Å². The molecule has 1 unspecified atom stereocenters. The smallest absolute Gasteiger partial charge is 0.259 e. The number of rotatable bonds is 12. The average molecular weight is 778 g/mol. The Bertz CT molecular complexity index is 2200. The number of carbonyl (C=O) groups is 4. The Kier molecular flexibility index (Phi) is 12.0. The Labute approximate surface area is 332 Å². The molecular formula is C43H51N7O7. The Morgan fingerprint density at radius 1 is 0.930 bits per heavy atom. The zero-order valence-electron chi connectivity index (χ0n) is 33.2. The van der Waals surface area contributed by atoms with Gasteiger partial charge in [0.15, 0.2) is 6.29 Å². The van der Waals surface area contributed by atoms with Crippen molar-refractivity contribution < 1.29 is 28.7 Å². The first kappa shape index (κ1) is 39.6. The third-order valence-electron chi connectivity index (χ3n) is 12.0. The van der Waals surface area contributed by atoms with Crippen molar-refractivity contribution in [2.24, 2.45) is 13.0 Å². The van der Waals surface area contributed by atoms with E-state index in [2.05, 4.69) is 25.0 Å². The number of methoxy groups -OCH3 is 2. The standard InChI is InChI=1S/C43H51N7O7/c1-46-25-35(33-9-13-44-24-34(33)42(46)54)29-22-38(56-3)36(39(23-29)57-4)26-49-15-11-28(12-16-49)10-14-48-17-19-50(20-18-48)31-5-6-32(30(21-31)27-51)43(55)47(2)37-7-8-40(52)45-41(37)53/h5-6,9,13,21-25,27-28,37H,7-8,10-12,14-20,26H2,1-4H3,(H,45,52,53). The van der Waals surface area contributed by atoms with E-state index in [1.54, 1.807) is 50.4 Å². The van der Waals surface area contributed by atoms with Crippen molar-refractivity contribution in [1.82, 2.24) is 29.6 Å². The van der Waals surface area contributed by atoms with Crippen LogP contribution >= 0.6 is 0 Å². The number of benzene rings is 2. The molecule has 3 aliphatic rings. The summed E-state index contributed by atoms with van der Waals surface area (Å²) < 4.78 is 13.5. The second-order valence-corrected chi connectivity index (χ2v) is 15.3. The Balaban J connectivity index is 0.903. The summed E-state index contributed by atoms with van der Waals surface area (Å²) in [6.07, 6.45) is 9.67. The number of nitrogens with one attached hydrogen (secondary N) is 1. The van der Waals surface area contributed by atoms with Crippen molar-refractivity contribution in [3.05, 3.63) is 82.0 Å². The molecule has 0 bridgehead atoms. The summed E-state index contributed by atoms with van der Waals surface area (Å²) in [6, 6.07) is 10.5. The minimum atomic E-state index is -0.756. The first-order valence-electron chi connectivity index (χ1n) is 19.7. The van der Waals surface area contributed by atoms with E-state index in [4.69, 9.17) is 9.47 Å². The number of aromatic nitrogens is 2. The number of amides is 3. The number of hydrogen-bond donors (Lipinski definition) is 1. The van der Waals surface area contributed by atoms with Gasteiger partial charge in [-0.2, -0.15) is 0 Å². The summed E-state index contributed by atoms with van der Waals surface area (Å²) in [5.41, 5.74) is 4.16. The van der Waals surface area contributed by atoms with Gasteiger partial charge in [0, 0.05) is 88.6 Å². The van der Waals surface area contributed by atoms with E-state index >= 15 is 0 Å². The second kappa shape index (κ2) is 17.3. The van der Waals surface area contributed by atoms with Crippen LogP contribution in [0.1, 0.15) is 58.4 Å². The van der Waals surface area contributed by atoms with Gasteiger partial charge in [0.1, 0.15) is 17.5 Å². The summed E-state index contributed by atoms with van der Waals surface area (Å²) in [4.78, 5) is 74.8. The molecule has 7 rings (SSSR count). The molecule has 2 aromatic heterocycles. The second-order valence-electron chi connectivity index (χ2n) is 15.3. The Morgan fingerprint density at radius 2 is 1.65 bits per heavy atom. The fraction of sp³-hybridized carbons (Fsp3) is 0.442. The predicted octanol–water partition coefficient (Wildman–Crippen LogP) is 3.73. The summed E-state index contributed by atoms with van der Waals surface area (Å²) in [7, 11) is 6.65. The highest BCUT2D eigenvalue weighted by Gasteiger charge is 2.33. The highest BCUT2D eigenvalue weighted by molar-refractivity contribution is 6.06. The fourth-order valence-electron chi connectivity index (χ4n) is 8.51. The molecule has 0 spiro atoms. The summed E-state index contributed by atoms with van der Waals surface area (Å²) in [5.74, 6) is 0.897. The van der Waals surface area contributed by atoms with E-state index in [0.29, 0.717) is 17.6 Å². The topological polar surface area (TPSA) is 147 Å². The molecule has 300 valence electrons. The van der Waals surface area contributed by atoms with Crippen LogP contribution in [0.5, 0.6) is 11.5 Å². The van der Waals surface area contributed by atoms with E-state index in [0.717, 1.165) is 111 Å². The van der Waals surface area contributed by atoms with Crippen LogP contribution in [0.3, 0.4) is 0 Å². The van der Waals surface area contributed by atoms with Gasteiger partial charge in [-0.25, -0.2) is 0 Å². The van der Waals surface area contributed by atoms with Gasteiger partial charge in [0.2, 0.25) is 11.8 Å². The van der Waals surface area contributed by atoms with E-state index in [-0.39, 0.29) is 35.4 Å². The lowest BCUT2D eigenvalue weighted by Gasteiger charge is -2.38. The molecule has 3 saturated heterocycles. The molecule has 3 aliphatic heterocycles.